The zero-order valence-electron chi connectivity index (χ0n) is 21.1. The highest BCUT2D eigenvalue weighted by atomic mass is 35.5. The number of allylic oxidation sites excluding steroid dienone is 1. The number of carbonyl (C=O) groups is 2. The minimum absolute atomic E-state index is 0.00461. The summed E-state index contributed by atoms with van der Waals surface area (Å²) < 4.78 is 44.3. The smallest absolute Gasteiger partial charge is 0.330 e. The molecule has 0 unspecified atom stereocenters. The first-order chi connectivity index (χ1) is 17.2. The maximum Gasteiger partial charge on any atom is 0.433 e. The Kier molecular flexibility index (Phi) is 9.11. The molecule has 37 heavy (non-hydrogen) atoms. The molecule has 2 heterocycles. The number of amides is 1. The number of alkyl halides is 3. The summed E-state index contributed by atoms with van der Waals surface area (Å²) in [5.41, 5.74) is -2.23. The molecule has 11 heteroatoms. The lowest BCUT2D eigenvalue weighted by Gasteiger charge is -2.33. The van der Waals surface area contributed by atoms with Crippen LogP contribution in [0.4, 0.5) is 13.2 Å². The lowest BCUT2D eigenvalue weighted by Crippen LogP contribution is -2.42. The average Bonchev–Trinajstić information content (AvgIpc) is 3.23. The van der Waals surface area contributed by atoms with Crippen molar-refractivity contribution in [1.29, 1.82) is 0 Å². The molecule has 0 radical (unpaired) electrons. The summed E-state index contributed by atoms with van der Waals surface area (Å²) in [5, 5.41) is 4.07. The maximum atomic E-state index is 14.4. The highest BCUT2D eigenvalue weighted by Gasteiger charge is 2.44. The fourth-order valence-corrected chi connectivity index (χ4v) is 5.50. The third kappa shape index (κ3) is 6.93. The van der Waals surface area contributed by atoms with Gasteiger partial charge in [0.15, 0.2) is 11.5 Å². The van der Waals surface area contributed by atoms with Gasteiger partial charge in [-0.25, -0.2) is 0 Å². The Bertz CT molecular complexity index is 1140. The van der Waals surface area contributed by atoms with Gasteiger partial charge in [0, 0.05) is 18.9 Å². The molecule has 1 saturated carbocycles. The average molecular weight is 559 g/mol. The van der Waals surface area contributed by atoms with Gasteiger partial charge >= 0.3 is 6.18 Å². The molecular formula is C26H31Cl2F3N4O2. The number of aromatic nitrogens is 3. The maximum absolute atomic E-state index is 14.4. The summed E-state index contributed by atoms with van der Waals surface area (Å²) in [6.45, 7) is 8.71. The van der Waals surface area contributed by atoms with Crippen molar-refractivity contribution in [2.24, 2.45) is 11.3 Å². The minimum atomic E-state index is -4.83. The SMILES string of the molecule is C=CC[C@H]1CCCC[C@H]1n1ncc(C(=O)N(CC(=O)c2c(Cl)cncc2Cl)CC(C)(C)C)c1C(F)(F)F. The molecule has 1 amide bonds. The third-order valence-corrected chi connectivity index (χ3v) is 6.94. The van der Waals surface area contributed by atoms with E-state index in [4.69, 9.17) is 23.2 Å². The second kappa shape index (κ2) is 11.6. The molecule has 1 fully saturated rings. The van der Waals surface area contributed by atoms with Gasteiger partial charge < -0.3 is 4.90 Å². The Labute approximate surface area is 224 Å². The van der Waals surface area contributed by atoms with Crippen molar-refractivity contribution in [3.8, 4) is 0 Å². The van der Waals surface area contributed by atoms with Gasteiger partial charge in [-0.15, -0.1) is 6.58 Å². The van der Waals surface area contributed by atoms with Crippen molar-refractivity contribution in [2.75, 3.05) is 13.1 Å². The van der Waals surface area contributed by atoms with Crippen molar-refractivity contribution in [2.45, 2.75) is 65.1 Å². The van der Waals surface area contributed by atoms with Crippen LogP contribution in [0.15, 0.2) is 31.2 Å². The van der Waals surface area contributed by atoms with E-state index in [2.05, 4.69) is 16.7 Å². The molecule has 0 aliphatic heterocycles. The largest absolute Gasteiger partial charge is 0.433 e. The van der Waals surface area contributed by atoms with E-state index in [9.17, 15) is 22.8 Å². The summed E-state index contributed by atoms with van der Waals surface area (Å²) in [4.78, 5) is 31.7. The second-order valence-corrected chi connectivity index (χ2v) is 11.4. The number of Topliss-reactive ketones (excluding diaryl/α,β-unsaturated/α-hetero) is 1. The zero-order valence-corrected chi connectivity index (χ0v) is 22.6. The Morgan fingerprint density at radius 2 is 1.76 bits per heavy atom. The van der Waals surface area contributed by atoms with Gasteiger partial charge in [0.05, 0.1) is 40.0 Å². The number of hydrogen-bond donors (Lipinski definition) is 0. The van der Waals surface area contributed by atoms with E-state index in [0.717, 1.165) is 35.0 Å². The number of nitrogens with zero attached hydrogens (tertiary/aromatic N) is 4. The van der Waals surface area contributed by atoms with E-state index in [1.165, 1.54) is 12.4 Å². The third-order valence-electron chi connectivity index (χ3n) is 6.37. The number of halogens is 5. The first-order valence-corrected chi connectivity index (χ1v) is 12.9. The molecule has 202 valence electrons. The Hall–Kier alpha value is -2.39. The van der Waals surface area contributed by atoms with Crippen LogP contribution in [-0.2, 0) is 6.18 Å². The van der Waals surface area contributed by atoms with Crippen LogP contribution in [0.3, 0.4) is 0 Å². The standard InChI is InChI=1S/C26H31Cl2F3N4O2/c1-5-8-16-9-6-7-10-20(16)35-23(26(29,30)31)17(11-33-35)24(37)34(15-25(2,3)4)14-21(36)22-18(27)12-32-13-19(22)28/h5,11-13,16,20H,1,6-10,14-15H2,2-4H3/t16-,20+/m0/s1. The Morgan fingerprint density at radius 1 is 1.14 bits per heavy atom. The van der Waals surface area contributed by atoms with Gasteiger partial charge in [0.2, 0.25) is 0 Å². The molecule has 0 N–H and O–H groups in total. The van der Waals surface area contributed by atoms with Gasteiger partial charge in [-0.05, 0) is 30.6 Å². The summed E-state index contributed by atoms with van der Waals surface area (Å²) >= 11 is 12.2. The molecule has 6 nitrogen and oxygen atoms in total. The molecular weight excluding hydrogens is 528 g/mol. The molecule has 0 bridgehead atoms. The lowest BCUT2D eigenvalue weighted by molar-refractivity contribution is -0.146. The van der Waals surface area contributed by atoms with Gasteiger partial charge in [0.1, 0.15) is 0 Å². The summed E-state index contributed by atoms with van der Waals surface area (Å²) in [5.74, 6) is -1.59. The normalized spacial score (nSPS) is 18.5. The van der Waals surface area contributed by atoms with Crippen LogP contribution in [0.25, 0.3) is 0 Å². The minimum Gasteiger partial charge on any atom is -0.330 e. The van der Waals surface area contributed by atoms with E-state index < -0.39 is 47.1 Å². The first-order valence-electron chi connectivity index (χ1n) is 12.1. The molecule has 3 rings (SSSR count). The predicted molar refractivity (Wildman–Crippen MR) is 137 cm³/mol. The van der Waals surface area contributed by atoms with Crippen LogP contribution < -0.4 is 0 Å². The van der Waals surface area contributed by atoms with E-state index in [1.54, 1.807) is 6.08 Å². The van der Waals surface area contributed by atoms with E-state index in [1.807, 2.05) is 20.8 Å². The quantitative estimate of drug-likeness (QED) is 0.252. The molecule has 2 aromatic heterocycles. The number of hydrogen-bond acceptors (Lipinski definition) is 4. The van der Waals surface area contributed by atoms with Gasteiger partial charge in [-0.3, -0.25) is 19.3 Å². The second-order valence-electron chi connectivity index (χ2n) is 10.6. The van der Waals surface area contributed by atoms with E-state index in [-0.39, 0.29) is 28.1 Å². The number of rotatable bonds is 8. The van der Waals surface area contributed by atoms with Crippen molar-refractivity contribution in [1.82, 2.24) is 19.7 Å². The fourth-order valence-electron chi connectivity index (χ4n) is 4.92. The molecule has 2 atom stereocenters. The molecule has 2 aromatic rings. The Balaban J connectivity index is 2.04. The topological polar surface area (TPSA) is 68.1 Å². The molecule has 1 aliphatic rings. The highest BCUT2D eigenvalue weighted by molar-refractivity contribution is 6.39. The van der Waals surface area contributed by atoms with Crippen molar-refractivity contribution in [3.05, 3.63) is 58.1 Å². The van der Waals surface area contributed by atoms with Gasteiger partial charge in [0.25, 0.3) is 5.91 Å². The summed E-state index contributed by atoms with van der Waals surface area (Å²) in [7, 11) is 0. The van der Waals surface area contributed by atoms with Gasteiger partial charge in [-0.1, -0.05) is 62.9 Å². The molecule has 0 spiro atoms. The molecule has 0 aromatic carbocycles. The van der Waals surface area contributed by atoms with Crippen molar-refractivity contribution >= 4 is 34.9 Å². The molecule has 1 aliphatic carbocycles. The van der Waals surface area contributed by atoms with Crippen LogP contribution >= 0.6 is 23.2 Å². The number of ketones is 1. The summed E-state index contributed by atoms with van der Waals surface area (Å²) in [6, 6.07) is -0.503. The van der Waals surface area contributed by atoms with Crippen LogP contribution in [0.1, 0.15) is 85.3 Å². The number of pyridine rings is 1. The van der Waals surface area contributed by atoms with Crippen LogP contribution in [0.2, 0.25) is 10.0 Å². The summed E-state index contributed by atoms with van der Waals surface area (Å²) in [6.07, 6.45) is 3.88. The van der Waals surface area contributed by atoms with Crippen molar-refractivity contribution in [3.63, 3.8) is 0 Å². The van der Waals surface area contributed by atoms with E-state index >= 15 is 0 Å². The van der Waals surface area contributed by atoms with E-state index in [0.29, 0.717) is 12.8 Å². The zero-order chi connectivity index (χ0) is 27.5. The van der Waals surface area contributed by atoms with Crippen molar-refractivity contribution < 1.29 is 22.8 Å². The first kappa shape index (κ1) is 29.2. The van der Waals surface area contributed by atoms with Crippen LogP contribution in [-0.4, -0.2) is 44.4 Å². The monoisotopic (exact) mass is 558 g/mol. The molecule has 0 saturated heterocycles. The number of carbonyl (C=O) groups excluding carboxylic acids is 2. The fraction of sp³-hybridized carbons (Fsp3) is 0.538. The van der Waals surface area contributed by atoms with Crippen LogP contribution in [0.5, 0.6) is 0 Å². The van der Waals surface area contributed by atoms with Gasteiger partial charge in [-0.2, -0.15) is 18.3 Å². The highest BCUT2D eigenvalue weighted by Crippen LogP contribution is 2.41. The van der Waals surface area contributed by atoms with Crippen LogP contribution in [0, 0.1) is 11.3 Å². The predicted octanol–water partition coefficient (Wildman–Crippen LogP) is 7.28. The Morgan fingerprint density at radius 3 is 2.32 bits per heavy atom. The lowest BCUT2D eigenvalue weighted by atomic mass is 9.82.